The van der Waals surface area contributed by atoms with Gasteiger partial charge in [-0.15, -0.1) is 0 Å². The van der Waals surface area contributed by atoms with Crippen LogP contribution in [0.1, 0.15) is 39.5 Å². The number of nitrogens with one attached hydrogen (secondary N) is 2. The van der Waals surface area contributed by atoms with E-state index in [4.69, 9.17) is 5.73 Å². The van der Waals surface area contributed by atoms with Crippen molar-refractivity contribution >= 4 is 11.9 Å². The molecule has 0 aromatic carbocycles. The van der Waals surface area contributed by atoms with E-state index in [1.807, 2.05) is 13.8 Å². The summed E-state index contributed by atoms with van der Waals surface area (Å²) in [6.45, 7) is 4.16. The first-order valence-corrected chi connectivity index (χ1v) is 6.38. The van der Waals surface area contributed by atoms with Crippen molar-refractivity contribution in [3.8, 4) is 0 Å². The molecule has 0 aromatic rings. The molecule has 0 saturated heterocycles. The Balaban J connectivity index is 2.44. The molecule has 6 nitrogen and oxygen atoms in total. The molecular weight excluding hydrogens is 234 g/mol. The van der Waals surface area contributed by atoms with E-state index in [0.29, 0.717) is 19.3 Å². The van der Waals surface area contributed by atoms with Crippen molar-refractivity contribution in [2.45, 2.75) is 51.2 Å². The average molecular weight is 257 g/mol. The lowest BCUT2D eigenvalue weighted by Gasteiger charge is -2.37. The minimum Gasteiger partial charge on any atom is -0.388 e. The van der Waals surface area contributed by atoms with E-state index in [1.54, 1.807) is 0 Å². The standard InChI is InChI=1S/C12H23N3O3/c1-8(2)6-9(15-11(13)17)10(16)14-7-12(18)4-3-5-12/h8-9,18H,3-7H2,1-2H3,(H,14,16)(H3,13,15,17). The van der Waals surface area contributed by atoms with Gasteiger partial charge in [-0.2, -0.15) is 0 Å². The maximum absolute atomic E-state index is 11.9. The monoisotopic (exact) mass is 257 g/mol. The van der Waals surface area contributed by atoms with Gasteiger partial charge in [0.05, 0.1) is 5.60 Å². The zero-order valence-corrected chi connectivity index (χ0v) is 11.0. The minimum absolute atomic E-state index is 0.237. The summed E-state index contributed by atoms with van der Waals surface area (Å²) in [5.41, 5.74) is 4.29. The molecule has 1 aliphatic rings. The topological polar surface area (TPSA) is 104 Å². The van der Waals surface area contributed by atoms with E-state index in [9.17, 15) is 14.7 Å². The van der Waals surface area contributed by atoms with Crippen LogP contribution in [0.25, 0.3) is 0 Å². The Kier molecular flexibility index (Phi) is 4.95. The van der Waals surface area contributed by atoms with Crippen molar-refractivity contribution in [1.29, 1.82) is 0 Å². The van der Waals surface area contributed by atoms with E-state index < -0.39 is 17.7 Å². The summed E-state index contributed by atoms with van der Waals surface area (Å²) in [5, 5.41) is 15.0. The lowest BCUT2D eigenvalue weighted by atomic mass is 9.80. The number of urea groups is 1. The SMILES string of the molecule is CC(C)CC(NC(N)=O)C(=O)NCC1(O)CCC1. The van der Waals surface area contributed by atoms with Crippen molar-refractivity contribution in [2.24, 2.45) is 11.7 Å². The molecule has 18 heavy (non-hydrogen) atoms. The van der Waals surface area contributed by atoms with Crippen molar-refractivity contribution in [2.75, 3.05) is 6.54 Å². The van der Waals surface area contributed by atoms with Crippen molar-refractivity contribution in [3.63, 3.8) is 0 Å². The second-order valence-corrected chi connectivity index (χ2v) is 5.49. The van der Waals surface area contributed by atoms with Crippen molar-refractivity contribution in [3.05, 3.63) is 0 Å². The van der Waals surface area contributed by atoms with Crippen LogP contribution in [0.15, 0.2) is 0 Å². The number of hydrogen-bond acceptors (Lipinski definition) is 3. The molecule has 6 heteroatoms. The Morgan fingerprint density at radius 1 is 1.39 bits per heavy atom. The smallest absolute Gasteiger partial charge is 0.312 e. The maximum atomic E-state index is 11.9. The molecule has 1 fully saturated rings. The van der Waals surface area contributed by atoms with Crippen LogP contribution in [0.4, 0.5) is 4.79 Å². The quantitative estimate of drug-likeness (QED) is 0.542. The van der Waals surface area contributed by atoms with Crippen molar-refractivity contribution in [1.82, 2.24) is 10.6 Å². The molecule has 0 heterocycles. The molecule has 1 aliphatic carbocycles. The summed E-state index contributed by atoms with van der Waals surface area (Å²) >= 11 is 0. The van der Waals surface area contributed by atoms with Gasteiger partial charge in [-0.25, -0.2) is 4.79 Å². The van der Waals surface area contributed by atoms with Gasteiger partial charge in [0.25, 0.3) is 0 Å². The summed E-state index contributed by atoms with van der Waals surface area (Å²) in [4.78, 5) is 22.8. The van der Waals surface area contributed by atoms with Crippen LogP contribution in [0.5, 0.6) is 0 Å². The Morgan fingerprint density at radius 3 is 2.39 bits per heavy atom. The fraction of sp³-hybridized carbons (Fsp3) is 0.833. The number of nitrogens with two attached hydrogens (primary N) is 1. The van der Waals surface area contributed by atoms with Crippen LogP contribution in [0.2, 0.25) is 0 Å². The molecule has 5 N–H and O–H groups in total. The van der Waals surface area contributed by atoms with Gasteiger partial charge in [-0.3, -0.25) is 4.79 Å². The Morgan fingerprint density at radius 2 is 2.00 bits per heavy atom. The molecule has 3 amide bonds. The fourth-order valence-corrected chi connectivity index (χ4v) is 2.01. The summed E-state index contributed by atoms with van der Waals surface area (Å²) in [7, 11) is 0. The van der Waals surface area contributed by atoms with Gasteiger partial charge in [-0.1, -0.05) is 13.8 Å². The van der Waals surface area contributed by atoms with Gasteiger partial charge in [0, 0.05) is 6.54 Å². The van der Waals surface area contributed by atoms with E-state index in [-0.39, 0.29) is 18.4 Å². The first kappa shape index (κ1) is 14.8. The molecule has 1 saturated carbocycles. The lowest BCUT2D eigenvalue weighted by Crippen LogP contribution is -2.54. The first-order chi connectivity index (χ1) is 8.32. The Hall–Kier alpha value is -1.30. The Labute approximate surface area is 107 Å². The molecule has 1 rings (SSSR count). The number of hydrogen-bond donors (Lipinski definition) is 4. The highest BCUT2D eigenvalue weighted by Gasteiger charge is 2.35. The second kappa shape index (κ2) is 6.04. The molecule has 1 unspecified atom stereocenters. The molecule has 1 atom stereocenters. The number of amides is 3. The fourth-order valence-electron chi connectivity index (χ4n) is 2.01. The lowest BCUT2D eigenvalue weighted by molar-refractivity contribution is -0.125. The maximum Gasteiger partial charge on any atom is 0.312 e. The van der Waals surface area contributed by atoms with Gasteiger partial charge < -0.3 is 21.5 Å². The average Bonchev–Trinajstić information content (AvgIpc) is 2.21. The highest BCUT2D eigenvalue weighted by atomic mass is 16.3. The summed E-state index contributed by atoms with van der Waals surface area (Å²) in [6, 6.07) is -1.34. The van der Waals surface area contributed by atoms with E-state index >= 15 is 0 Å². The van der Waals surface area contributed by atoms with E-state index in [0.717, 1.165) is 6.42 Å². The number of aliphatic hydroxyl groups is 1. The van der Waals surface area contributed by atoms with Crippen molar-refractivity contribution < 1.29 is 14.7 Å². The number of rotatable bonds is 6. The van der Waals surface area contributed by atoms with Crippen LogP contribution in [-0.4, -0.2) is 35.2 Å². The molecule has 0 aliphatic heterocycles. The number of primary amides is 1. The first-order valence-electron chi connectivity index (χ1n) is 6.38. The third kappa shape index (κ3) is 4.52. The number of carbonyl (C=O) groups excluding carboxylic acids is 2. The number of carbonyl (C=O) groups is 2. The zero-order valence-electron chi connectivity index (χ0n) is 11.0. The van der Waals surface area contributed by atoms with Gasteiger partial charge in [0.15, 0.2) is 0 Å². The van der Waals surface area contributed by atoms with Crippen LogP contribution in [0.3, 0.4) is 0 Å². The summed E-state index contributed by atoms with van der Waals surface area (Å²) in [5.74, 6) is -0.0257. The molecule has 104 valence electrons. The predicted octanol–water partition coefficient (Wildman–Crippen LogP) is 0.101. The highest BCUT2D eigenvalue weighted by Crippen LogP contribution is 2.30. The molecular formula is C12H23N3O3. The zero-order chi connectivity index (χ0) is 13.8. The molecule has 0 radical (unpaired) electrons. The normalized spacial score (nSPS) is 18.9. The van der Waals surface area contributed by atoms with Gasteiger partial charge in [0.1, 0.15) is 6.04 Å². The second-order valence-electron chi connectivity index (χ2n) is 5.49. The minimum atomic E-state index is -0.759. The summed E-state index contributed by atoms with van der Waals surface area (Å²) < 4.78 is 0. The predicted molar refractivity (Wildman–Crippen MR) is 67.8 cm³/mol. The van der Waals surface area contributed by atoms with E-state index in [1.165, 1.54) is 0 Å². The van der Waals surface area contributed by atoms with Gasteiger partial charge in [-0.05, 0) is 31.6 Å². The van der Waals surface area contributed by atoms with Crippen LogP contribution in [0, 0.1) is 5.92 Å². The van der Waals surface area contributed by atoms with Crippen LogP contribution < -0.4 is 16.4 Å². The third-order valence-electron chi connectivity index (χ3n) is 3.22. The molecule has 0 bridgehead atoms. The largest absolute Gasteiger partial charge is 0.388 e. The van der Waals surface area contributed by atoms with E-state index in [2.05, 4.69) is 10.6 Å². The van der Waals surface area contributed by atoms with Crippen LogP contribution in [-0.2, 0) is 4.79 Å². The van der Waals surface area contributed by atoms with Crippen LogP contribution >= 0.6 is 0 Å². The summed E-state index contributed by atoms with van der Waals surface area (Å²) in [6.07, 6.45) is 2.94. The Bertz CT molecular complexity index is 314. The van der Waals surface area contributed by atoms with Gasteiger partial charge >= 0.3 is 6.03 Å². The molecule has 0 spiro atoms. The third-order valence-corrected chi connectivity index (χ3v) is 3.22. The van der Waals surface area contributed by atoms with Gasteiger partial charge in [0.2, 0.25) is 5.91 Å². The highest BCUT2D eigenvalue weighted by molar-refractivity contribution is 5.86. The molecule has 0 aromatic heterocycles.